The molecule has 0 saturated heterocycles. The SMILES string of the molecule is Cc1cncc(-n2ncc3c(NC(=O)c4cc(CNS(=O)(=O)C5CC5)ccc4Cl)cccc32)c1. The van der Waals surface area contributed by atoms with Gasteiger partial charge in [-0.05, 0) is 61.2 Å². The number of hydrogen-bond donors (Lipinski definition) is 2. The summed E-state index contributed by atoms with van der Waals surface area (Å²) < 4.78 is 28.6. The van der Waals surface area contributed by atoms with Crippen LogP contribution in [0.25, 0.3) is 16.6 Å². The molecule has 0 unspecified atom stereocenters. The molecule has 2 N–H and O–H groups in total. The molecule has 8 nitrogen and oxygen atoms in total. The fourth-order valence-electron chi connectivity index (χ4n) is 3.75. The van der Waals surface area contributed by atoms with Gasteiger partial charge in [0.1, 0.15) is 0 Å². The van der Waals surface area contributed by atoms with Crippen molar-refractivity contribution in [2.45, 2.75) is 31.6 Å². The van der Waals surface area contributed by atoms with Gasteiger partial charge in [0.25, 0.3) is 5.91 Å². The van der Waals surface area contributed by atoms with Crippen molar-refractivity contribution in [3.8, 4) is 5.69 Å². The molecule has 1 amide bonds. The van der Waals surface area contributed by atoms with Crippen LogP contribution >= 0.6 is 11.6 Å². The number of aromatic nitrogens is 3. The van der Waals surface area contributed by atoms with Crippen LogP contribution in [0.5, 0.6) is 0 Å². The summed E-state index contributed by atoms with van der Waals surface area (Å²) in [6, 6.07) is 12.4. The van der Waals surface area contributed by atoms with Crippen LogP contribution in [0.3, 0.4) is 0 Å². The van der Waals surface area contributed by atoms with Gasteiger partial charge in [0, 0.05) is 18.1 Å². The zero-order chi connectivity index (χ0) is 23.9. The largest absolute Gasteiger partial charge is 0.321 e. The smallest absolute Gasteiger partial charge is 0.257 e. The summed E-state index contributed by atoms with van der Waals surface area (Å²) in [5, 5.41) is 8.13. The third-order valence-electron chi connectivity index (χ3n) is 5.68. The Bertz CT molecular complexity index is 1510. The van der Waals surface area contributed by atoms with Crippen molar-refractivity contribution in [2.24, 2.45) is 0 Å². The van der Waals surface area contributed by atoms with Crippen molar-refractivity contribution in [3.63, 3.8) is 0 Å². The van der Waals surface area contributed by atoms with Crippen molar-refractivity contribution in [1.29, 1.82) is 0 Å². The highest BCUT2D eigenvalue weighted by molar-refractivity contribution is 7.90. The van der Waals surface area contributed by atoms with Crippen molar-refractivity contribution in [2.75, 3.05) is 5.32 Å². The fourth-order valence-corrected chi connectivity index (χ4v) is 5.31. The minimum atomic E-state index is -3.32. The molecule has 1 aliphatic carbocycles. The van der Waals surface area contributed by atoms with E-state index in [0.717, 1.165) is 22.2 Å². The zero-order valence-corrected chi connectivity index (χ0v) is 19.9. The van der Waals surface area contributed by atoms with E-state index in [1.165, 1.54) is 0 Å². The highest BCUT2D eigenvalue weighted by atomic mass is 35.5. The molecule has 0 bridgehead atoms. The molecular formula is C24H22ClN5O3S. The average Bonchev–Trinajstić information content (AvgIpc) is 3.59. The molecule has 0 spiro atoms. The normalized spacial score (nSPS) is 13.8. The van der Waals surface area contributed by atoms with E-state index in [-0.39, 0.29) is 22.4 Å². The first-order chi connectivity index (χ1) is 16.3. The number of benzene rings is 2. The van der Waals surface area contributed by atoms with Gasteiger partial charge in [-0.25, -0.2) is 17.8 Å². The maximum absolute atomic E-state index is 13.1. The summed E-state index contributed by atoms with van der Waals surface area (Å²) in [7, 11) is -3.32. The van der Waals surface area contributed by atoms with Crippen molar-refractivity contribution < 1.29 is 13.2 Å². The third kappa shape index (κ3) is 4.54. The maximum atomic E-state index is 13.1. The second-order valence-electron chi connectivity index (χ2n) is 8.35. The number of fused-ring (bicyclic) bond motifs is 1. The Morgan fingerprint density at radius 3 is 2.74 bits per heavy atom. The van der Waals surface area contributed by atoms with E-state index in [0.29, 0.717) is 24.1 Å². The van der Waals surface area contributed by atoms with Crippen LogP contribution in [0.1, 0.15) is 34.3 Å². The number of amides is 1. The summed E-state index contributed by atoms with van der Waals surface area (Å²) in [4.78, 5) is 17.3. The van der Waals surface area contributed by atoms with Crippen LogP contribution in [-0.2, 0) is 16.6 Å². The van der Waals surface area contributed by atoms with Gasteiger partial charge in [-0.2, -0.15) is 5.10 Å². The first-order valence-corrected chi connectivity index (χ1v) is 12.7. The number of halogens is 1. The number of sulfonamides is 1. The standard InChI is InChI=1S/C24H22ClN5O3S/c1-15-9-17(13-26-11-15)30-23-4-2-3-22(20(23)14-27-30)29-24(31)19-10-16(5-8-21(19)25)12-28-34(32,33)18-6-7-18/h2-5,8-11,13-14,18,28H,6-7,12H2,1H3,(H,29,31). The summed E-state index contributed by atoms with van der Waals surface area (Å²) in [6.07, 6.45) is 6.57. The lowest BCUT2D eigenvalue weighted by molar-refractivity contribution is 0.102. The predicted octanol–water partition coefficient (Wildman–Crippen LogP) is 4.22. The molecule has 34 heavy (non-hydrogen) atoms. The van der Waals surface area contributed by atoms with Gasteiger partial charge in [-0.1, -0.05) is 23.7 Å². The quantitative estimate of drug-likeness (QED) is 0.399. The lowest BCUT2D eigenvalue weighted by Gasteiger charge is -2.11. The summed E-state index contributed by atoms with van der Waals surface area (Å²) in [6.45, 7) is 2.06. The average molecular weight is 496 g/mol. The molecule has 174 valence electrons. The summed E-state index contributed by atoms with van der Waals surface area (Å²) in [5.41, 5.74) is 4.15. The molecule has 1 fully saturated rings. The first kappa shape index (κ1) is 22.5. The Morgan fingerprint density at radius 2 is 1.97 bits per heavy atom. The highest BCUT2D eigenvalue weighted by Gasteiger charge is 2.35. The van der Waals surface area contributed by atoms with Crippen molar-refractivity contribution >= 4 is 44.1 Å². The number of aryl methyl sites for hydroxylation is 1. The van der Waals surface area contributed by atoms with E-state index in [2.05, 4.69) is 20.1 Å². The Labute approximate surface area is 202 Å². The number of pyridine rings is 1. The number of anilines is 1. The van der Waals surface area contributed by atoms with Gasteiger partial charge in [-0.15, -0.1) is 0 Å². The molecule has 1 saturated carbocycles. The highest BCUT2D eigenvalue weighted by Crippen LogP contribution is 2.29. The molecule has 1 aliphatic rings. The molecule has 4 aromatic rings. The minimum absolute atomic E-state index is 0.100. The summed E-state index contributed by atoms with van der Waals surface area (Å²) in [5.74, 6) is -0.394. The van der Waals surface area contributed by atoms with Crippen LogP contribution in [0.4, 0.5) is 5.69 Å². The Morgan fingerprint density at radius 1 is 1.15 bits per heavy atom. The van der Waals surface area contributed by atoms with Gasteiger partial charge in [0.05, 0.1) is 45.1 Å². The summed E-state index contributed by atoms with van der Waals surface area (Å²) >= 11 is 6.30. The monoisotopic (exact) mass is 495 g/mol. The molecule has 0 radical (unpaired) electrons. The van der Waals surface area contributed by atoms with Crippen LogP contribution in [0.15, 0.2) is 61.1 Å². The molecule has 2 aromatic carbocycles. The topological polar surface area (TPSA) is 106 Å². The number of carbonyl (C=O) groups is 1. The maximum Gasteiger partial charge on any atom is 0.257 e. The van der Waals surface area contributed by atoms with E-state index in [1.807, 2.05) is 25.1 Å². The van der Waals surface area contributed by atoms with Gasteiger partial charge >= 0.3 is 0 Å². The number of carbonyl (C=O) groups excluding carboxylic acids is 1. The number of nitrogens with one attached hydrogen (secondary N) is 2. The van der Waals surface area contributed by atoms with Crippen LogP contribution in [0.2, 0.25) is 5.02 Å². The molecule has 2 heterocycles. The molecule has 5 rings (SSSR count). The molecular weight excluding hydrogens is 474 g/mol. The second kappa shape index (κ2) is 8.83. The molecule has 2 aromatic heterocycles. The van der Waals surface area contributed by atoms with E-state index < -0.39 is 15.9 Å². The molecule has 10 heteroatoms. The van der Waals surface area contributed by atoms with E-state index in [9.17, 15) is 13.2 Å². The zero-order valence-electron chi connectivity index (χ0n) is 18.3. The number of hydrogen-bond acceptors (Lipinski definition) is 5. The third-order valence-corrected chi connectivity index (χ3v) is 7.91. The van der Waals surface area contributed by atoms with Crippen LogP contribution < -0.4 is 10.0 Å². The molecule has 0 aliphatic heterocycles. The number of rotatable bonds is 7. The van der Waals surface area contributed by atoms with Crippen molar-refractivity contribution in [3.05, 3.63) is 82.8 Å². The Balaban J connectivity index is 1.39. The molecule has 0 atom stereocenters. The van der Waals surface area contributed by atoms with Gasteiger partial charge < -0.3 is 5.32 Å². The second-order valence-corrected chi connectivity index (χ2v) is 10.8. The lowest BCUT2D eigenvalue weighted by atomic mass is 10.1. The van der Waals surface area contributed by atoms with Crippen LogP contribution in [0, 0.1) is 6.92 Å². The van der Waals surface area contributed by atoms with Crippen LogP contribution in [-0.4, -0.2) is 34.3 Å². The minimum Gasteiger partial charge on any atom is -0.321 e. The van der Waals surface area contributed by atoms with E-state index in [1.54, 1.807) is 47.5 Å². The van der Waals surface area contributed by atoms with E-state index in [4.69, 9.17) is 11.6 Å². The lowest BCUT2D eigenvalue weighted by Crippen LogP contribution is -2.26. The van der Waals surface area contributed by atoms with Gasteiger partial charge in [0.15, 0.2) is 0 Å². The fraction of sp³-hybridized carbons (Fsp3) is 0.208. The first-order valence-electron chi connectivity index (χ1n) is 10.8. The Hall–Kier alpha value is -3.27. The van der Waals surface area contributed by atoms with Crippen molar-refractivity contribution in [1.82, 2.24) is 19.5 Å². The van der Waals surface area contributed by atoms with E-state index >= 15 is 0 Å². The van der Waals surface area contributed by atoms with Gasteiger partial charge in [-0.3, -0.25) is 9.78 Å². The Kier molecular flexibility index (Phi) is 5.85. The van der Waals surface area contributed by atoms with Gasteiger partial charge in [0.2, 0.25) is 10.0 Å². The predicted molar refractivity (Wildman–Crippen MR) is 132 cm³/mol. The number of nitrogens with zero attached hydrogens (tertiary/aromatic N) is 3.